The highest BCUT2D eigenvalue weighted by Gasteiger charge is 2.32. The van der Waals surface area contributed by atoms with E-state index in [0.717, 1.165) is 19.3 Å². The molecule has 0 amide bonds. The molecule has 1 saturated carbocycles. The summed E-state index contributed by atoms with van der Waals surface area (Å²) < 4.78 is 5.43. The van der Waals surface area contributed by atoms with E-state index >= 15 is 0 Å². The van der Waals surface area contributed by atoms with E-state index in [1.165, 1.54) is 5.57 Å². The number of hydrogen-bond acceptors (Lipinski definition) is 3. The van der Waals surface area contributed by atoms with Gasteiger partial charge in [-0.05, 0) is 30.8 Å². The quantitative estimate of drug-likeness (QED) is 0.589. The molecule has 3 heteroatoms. The molecule has 0 aromatic carbocycles. The van der Waals surface area contributed by atoms with Gasteiger partial charge in [0, 0.05) is 5.75 Å². The van der Waals surface area contributed by atoms with Gasteiger partial charge in [0.2, 0.25) is 0 Å². The maximum absolute atomic E-state index is 11.4. The Kier molecular flexibility index (Phi) is 3.52. The molecule has 0 radical (unpaired) electrons. The SMILES string of the molecule is O=C(CCS)OC1CCC2CC=CC=C21. The van der Waals surface area contributed by atoms with Crippen LogP contribution < -0.4 is 0 Å². The van der Waals surface area contributed by atoms with Crippen LogP contribution >= 0.6 is 12.6 Å². The van der Waals surface area contributed by atoms with Crippen LogP contribution in [0.5, 0.6) is 0 Å². The van der Waals surface area contributed by atoms with Crippen LogP contribution in [0.15, 0.2) is 23.8 Å². The van der Waals surface area contributed by atoms with Crippen molar-refractivity contribution >= 4 is 18.6 Å². The Hall–Kier alpha value is -0.700. The molecule has 0 aromatic heterocycles. The summed E-state index contributed by atoms with van der Waals surface area (Å²) in [6.45, 7) is 0. The second-order valence-electron chi connectivity index (χ2n) is 4.06. The van der Waals surface area contributed by atoms with Gasteiger partial charge < -0.3 is 4.74 Å². The fraction of sp³-hybridized carbons (Fsp3) is 0.583. The Morgan fingerprint density at radius 1 is 1.53 bits per heavy atom. The molecule has 82 valence electrons. The smallest absolute Gasteiger partial charge is 0.307 e. The van der Waals surface area contributed by atoms with Gasteiger partial charge in [-0.2, -0.15) is 12.6 Å². The number of esters is 1. The first-order valence-electron chi connectivity index (χ1n) is 5.48. The molecule has 0 aromatic rings. The molecule has 15 heavy (non-hydrogen) atoms. The molecule has 2 unspecified atom stereocenters. The van der Waals surface area contributed by atoms with Gasteiger partial charge in [0.25, 0.3) is 0 Å². The van der Waals surface area contributed by atoms with Gasteiger partial charge in [0.1, 0.15) is 6.10 Å². The van der Waals surface area contributed by atoms with Crippen LogP contribution in [0.4, 0.5) is 0 Å². The average molecular weight is 224 g/mol. The first kappa shape index (κ1) is 10.8. The summed E-state index contributed by atoms with van der Waals surface area (Å²) in [4.78, 5) is 11.4. The first-order chi connectivity index (χ1) is 7.31. The van der Waals surface area contributed by atoms with Crippen molar-refractivity contribution in [1.29, 1.82) is 0 Å². The summed E-state index contributed by atoms with van der Waals surface area (Å²) in [5, 5.41) is 0. The number of hydrogen-bond donors (Lipinski definition) is 1. The monoisotopic (exact) mass is 224 g/mol. The molecule has 0 saturated heterocycles. The van der Waals surface area contributed by atoms with Gasteiger partial charge >= 0.3 is 5.97 Å². The predicted molar refractivity (Wildman–Crippen MR) is 62.9 cm³/mol. The van der Waals surface area contributed by atoms with Gasteiger partial charge in [0.05, 0.1) is 6.42 Å². The molecule has 0 N–H and O–H groups in total. The van der Waals surface area contributed by atoms with Crippen LogP contribution in [-0.4, -0.2) is 17.8 Å². The van der Waals surface area contributed by atoms with E-state index in [2.05, 4.69) is 30.9 Å². The Labute approximate surface area is 95.8 Å². The number of rotatable bonds is 3. The van der Waals surface area contributed by atoms with E-state index < -0.39 is 0 Å². The first-order valence-corrected chi connectivity index (χ1v) is 6.11. The Bertz CT molecular complexity index is 307. The molecule has 2 rings (SSSR count). The van der Waals surface area contributed by atoms with Crippen LogP contribution in [0, 0.1) is 5.92 Å². The zero-order valence-corrected chi connectivity index (χ0v) is 9.58. The van der Waals surface area contributed by atoms with Crippen molar-refractivity contribution < 1.29 is 9.53 Å². The number of allylic oxidation sites excluding steroid dienone is 3. The van der Waals surface area contributed by atoms with Gasteiger partial charge in [0.15, 0.2) is 0 Å². The summed E-state index contributed by atoms with van der Waals surface area (Å²) in [7, 11) is 0. The van der Waals surface area contributed by atoms with Crippen LogP contribution in [0.25, 0.3) is 0 Å². The summed E-state index contributed by atoms with van der Waals surface area (Å²) in [5.41, 5.74) is 1.31. The Morgan fingerprint density at radius 3 is 3.20 bits per heavy atom. The molecular weight excluding hydrogens is 208 g/mol. The fourth-order valence-electron chi connectivity index (χ4n) is 2.30. The van der Waals surface area contributed by atoms with Crippen molar-refractivity contribution in [3.63, 3.8) is 0 Å². The number of thiol groups is 1. The van der Waals surface area contributed by atoms with Crippen molar-refractivity contribution in [3.8, 4) is 0 Å². The number of fused-ring (bicyclic) bond motifs is 1. The molecule has 1 fully saturated rings. The normalized spacial score (nSPS) is 28.5. The van der Waals surface area contributed by atoms with Gasteiger partial charge in [-0.3, -0.25) is 4.79 Å². The second-order valence-corrected chi connectivity index (χ2v) is 4.50. The summed E-state index contributed by atoms with van der Waals surface area (Å²) in [6, 6.07) is 0. The maximum atomic E-state index is 11.4. The van der Waals surface area contributed by atoms with Crippen molar-refractivity contribution in [2.75, 3.05) is 5.75 Å². The van der Waals surface area contributed by atoms with E-state index in [1.807, 2.05) is 0 Å². The van der Waals surface area contributed by atoms with E-state index in [4.69, 9.17) is 4.74 Å². The summed E-state index contributed by atoms with van der Waals surface area (Å²) >= 11 is 4.02. The minimum absolute atomic E-state index is 0.0346. The van der Waals surface area contributed by atoms with Crippen LogP contribution in [-0.2, 0) is 9.53 Å². The number of ether oxygens (including phenoxy) is 1. The lowest BCUT2D eigenvalue weighted by atomic mass is 9.94. The Morgan fingerprint density at radius 2 is 2.40 bits per heavy atom. The number of carbonyl (C=O) groups is 1. The van der Waals surface area contributed by atoms with Crippen LogP contribution in [0.3, 0.4) is 0 Å². The molecule has 2 aliphatic rings. The third-order valence-electron chi connectivity index (χ3n) is 3.06. The maximum Gasteiger partial charge on any atom is 0.307 e. The minimum atomic E-state index is -0.119. The van der Waals surface area contributed by atoms with Crippen molar-refractivity contribution in [2.45, 2.75) is 31.8 Å². The zero-order chi connectivity index (χ0) is 10.7. The van der Waals surface area contributed by atoms with Crippen molar-refractivity contribution in [1.82, 2.24) is 0 Å². The molecule has 0 bridgehead atoms. The van der Waals surface area contributed by atoms with Gasteiger partial charge in [-0.1, -0.05) is 18.2 Å². The molecule has 0 heterocycles. The lowest BCUT2D eigenvalue weighted by Crippen LogP contribution is -2.18. The molecule has 0 spiro atoms. The topological polar surface area (TPSA) is 26.3 Å². The average Bonchev–Trinajstić information content (AvgIpc) is 2.62. The minimum Gasteiger partial charge on any atom is -0.458 e. The third-order valence-corrected chi connectivity index (χ3v) is 3.28. The van der Waals surface area contributed by atoms with E-state index in [-0.39, 0.29) is 12.1 Å². The largest absolute Gasteiger partial charge is 0.458 e. The lowest BCUT2D eigenvalue weighted by Gasteiger charge is -2.18. The van der Waals surface area contributed by atoms with Gasteiger partial charge in [-0.15, -0.1) is 0 Å². The predicted octanol–water partition coefficient (Wildman–Crippen LogP) is 2.51. The van der Waals surface area contributed by atoms with Gasteiger partial charge in [-0.25, -0.2) is 0 Å². The van der Waals surface area contributed by atoms with E-state index in [0.29, 0.717) is 18.1 Å². The lowest BCUT2D eigenvalue weighted by molar-refractivity contribution is -0.146. The second kappa shape index (κ2) is 4.88. The third kappa shape index (κ3) is 2.46. The molecular formula is C12H16O2S. The number of carbonyl (C=O) groups excluding carboxylic acids is 1. The Balaban J connectivity index is 1.96. The van der Waals surface area contributed by atoms with Crippen LogP contribution in [0.1, 0.15) is 25.7 Å². The molecule has 2 atom stereocenters. The standard InChI is InChI=1S/C12H16O2S/c13-12(7-8-15)14-11-6-5-9-3-1-2-4-10(9)11/h1-2,4,9,11,15H,3,5-8H2. The highest BCUT2D eigenvalue weighted by Crippen LogP contribution is 2.38. The molecule has 2 nitrogen and oxygen atoms in total. The van der Waals surface area contributed by atoms with Crippen LogP contribution in [0.2, 0.25) is 0 Å². The molecule has 2 aliphatic carbocycles. The molecule has 0 aliphatic heterocycles. The fourth-order valence-corrected chi connectivity index (χ4v) is 2.49. The zero-order valence-electron chi connectivity index (χ0n) is 8.69. The highest BCUT2D eigenvalue weighted by molar-refractivity contribution is 7.80. The van der Waals surface area contributed by atoms with E-state index in [9.17, 15) is 4.79 Å². The van der Waals surface area contributed by atoms with E-state index in [1.54, 1.807) is 0 Å². The van der Waals surface area contributed by atoms with Crippen molar-refractivity contribution in [3.05, 3.63) is 23.8 Å². The van der Waals surface area contributed by atoms with Crippen molar-refractivity contribution in [2.24, 2.45) is 5.92 Å². The summed E-state index contributed by atoms with van der Waals surface area (Å²) in [5.74, 6) is 1.06. The summed E-state index contributed by atoms with van der Waals surface area (Å²) in [6.07, 6.45) is 10.0. The highest BCUT2D eigenvalue weighted by atomic mass is 32.1.